The van der Waals surface area contributed by atoms with Crippen LogP contribution in [0.5, 0.6) is 0 Å². The molecule has 3 rings (SSSR count). The summed E-state index contributed by atoms with van der Waals surface area (Å²) in [6, 6.07) is 4.16. The Labute approximate surface area is 152 Å². The van der Waals surface area contributed by atoms with Gasteiger partial charge in [-0.1, -0.05) is 19.3 Å². The van der Waals surface area contributed by atoms with E-state index in [1.54, 1.807) is 0 Å². The van der Waals surface area contributed by atoms with E-state index in [1.807, 2.05) is 0 Å². The quantitative estimate of drug-likeness (QED) is 0.750. The zero-order chi connectivity index (χ0) is 18.5. The molecule has 2 fully saturated rings. The van der Waals surface area contributed by atoms with Crippen LogP contribution < -0.4 is 16.4 Å². The van der Waals surface area contributed by atoms with Crippen molar-refractivity contribution in [3.63, 3.8) is 0 Å². The first-order valence-corrected chi connectivity index (χ1v) is 9.33. The van der Waals surface area contributed by atoms with Crippen molar-refractivity contribution < 1.29 is 18.7 Å². The van der Waals surface area contributed by atoms with Gasteiger partial charge in [0.2, 0.25) is 5.91 Å². The lowest BCUT2D eigenvalue weighted by Crippen LogP contribution is -2.30. The smallest absolute Gasteiger partial charge is 0.253 e. The highest BCUT2D eigenvalue weighted by molar-refractivity contribution is 5.96. The normalized spacial score (nSPS) is 23.6. The van der Waals surface area contributed by atoms with Gasteiger partial charge in [-0.2, -0.15) is 0 Å². The van der Waals surface area contributed by atoms with E-state index in [1.165, 1.54) is 18.2 Å². The Bertz CT molecular complexity index is 661. The van der Waals surface area contributed by atoms with Crippen molar-refractivity contribution >= 4 is 23.2 Å². The molecule has 2 atom stereocenters. The second kappa shape index (κ2) is 8.60. The summed E-state index contributed by atoms with van der Waals surface area (Å²) in [6.07, 6.45) is 5.60. The van der Waals surface area contributed by atoms with Crippen LogP contribution >= 0.6 is 0 Å². The van der Waals surface area contributed by atoms with Crippen LogP contribution in [-0.2, 0) is 14.3 Å². The van der Waals surface area contributed by atoms with E-state index >= 15 is 0 Å². The lowest BCUT2D eigenvalue weighted by Gasteiger charge is -2.21. The van der Waals surface area contributed by atoms with E-state index in [-0.39, 0.29) is 29.5 Å². The molecule has 1 saturated carbocycles. The largest absolute Gasteiger partial charge is 0.364 e. The number of carbonyl (C=O) groups excluding carboxylic acids is 2. The fourth-order valence-electron chi connectivity index (χ4n) is 3.59. The minimum absolute atomic E-state index is 0.0681. The Kier molecular flexibility index (Phi) is 6.21. The van der Waals surface area contributed by atoms with E-state index in [2.05, 4.69) is 10.6 Å². The van der Waals surface area contributed by atoms with Gasteiger partial charge >= 0.3 is 0 Å². The Morgan fingerprint density at radius 3 is 2.54 bits per heavy atom. The van der Waals surface area contributed by atoms with Crippen LogP contribution in [0.4, 0.5) is 15.8 Å². The Morgan fingerprint density at radius 1 is 1.08 bits per heavy atom. The van der Waals surface area contributed by atoms with Crippen molar-refractivity contribution in [1.29, 1.82) is 0 Å². The standard InChI is InChI=1S/C19H26FN3O3/c20-15-8-6-13(22-19(25)17-9-7-14(11-21)26-17)10-16(15)23-18(24)12-4-2-1-3-5-12/h6,8,10,12,14,17H,1-5,7,9,11,21H2,(H,22,25)(H,23,24)/t14-,17+/m1/s1. The molecule has 1 aromatic carbocycles. The molecule has 0 radical (unpaired) electrons. The number of hydrogen-bond acceptors (Lipinski definition) is 4. The van der Waals surface area contributed by atoms with Crippen molar-refractivity contribution in [2.24, 2.45) is 11.7 Å². The first-order valence-electron chi connectivity index (χ1n) is 9.33. The third kappa shape index (κ3) is 4.59. The van der Waals surface area contributed by atoms with Crippen LogP contribution in [0.25, 0.3) is 0 Å². The minimum Gasteiger partial charge on any atom is -0.364 e. The van der Waals surface area contributed by atoms with Gasteiger partial charge < -0.3 is 21.1 Å². The van der Waals surface area contributed by atoms with E-state index in [0.29, 0.717) is 18.7 Å². The highest BCUT2D eigenvalue weighted by atomic mass is 19.1. The molecule has 0 bridgehead atoms. The number of rotatable bonds is 5. The highest BCUT2D eigenvalue weighted by Crippen LogP contribution is 2.27. The molecule has 2 amide bonds. The number of halogens is 1. The summed E-state index contributed by atoms with van der Waals surface area (Å²) in [5, 5.41) is 5.39. The molecule has 0 unspecified atom stereocenters. The van der Waals surface area contributed by atoms with E-state index < -0.39 is 11.9 Å². The second-order valence-electron chi connectivity index (χ2n) is 7.07. The van der Waals surface area contributed by atoms with Gasteiger partial charge in [-0.15, -0.1) is 0 Å². The van der Waals surface area contributed by atoms with E-state index in [4.69, 9.17) is 10.5 Å². The number of benzene rings is 1. The maximum Gasteiger partial charge on any atom is 0.253 e. The summed E-state index contributed by atoms with van der Waals surface area (Å²) >= 11 is 0. The maximum atomic E-state index is 14.1. The van der Waals surface area contributed by atoms with Gasteiger partial charge in [0.05, 0.1) is 11.8 Å². The first kappa shape index (κ1) is 18.8. The number of nitrogens with one attached hydrogen (secondary N) is 2. The SMILES string of the molecule is NC[C@H]1CC[C@@H](C(=O)Nc2ccc(F)c(NC(=O)C3CCCCC3)c2)O1. The molecule has 1 saturated heterocycles. The topological polar surface area (TPSA) is 93.5 Å². The predicted molar refractivity (Wildman–Crippen MR) is 97.2 cm³/mol. The third-order valence-corrected chi connectivity index (χ3v) is 5.13. The molecule has 1 heterocycles. The number of hydrogen-bond donors (Lipinski definition) is 3. The molecule has 0 spiro atoms. The Hall–Kier alpha value is -1.99. The lowest BCUT2D eigenvalue weighted by atomic mass is 9.88. The number of ether oxygens (including phenoxy) is 1. The lowest BCUT2D eigenvalue weighted by molar-refractivity contribution is -0.126. The maximum absolute atomic E-state index is 14.1. The van der Waals surface area contributed by atoms with Crippen molar-refractivity contribution in [3.8, 4) is 0 Å². The molecular weight excluding hydrogens is 337 g/mol. The molecule has 0 aromatic heterocycles. The summed E-state index contributed by atoms with van der Waals surface area (Å²) in [5.41, 5.74) is 6.07. The van der Waals surface area contributed by atoms with Crippen molar-refractivity contribution in [3.05, 3.63) is 24.0 Å². The predicted octanol–water partition coefficient (Wildman–Crippen LogP) is 2.79. The van der Waals surface area contributed by atoms with Gasteiger partial charge in [0, 0.05) is 18.2 Å². The van der Waals surface area contributed by atoms with E-state index in [0.717, 1.165) is 38.5 Å². The van der Waals surface area contributed by atoms with Gasteiger partial charge in [-0.05, 0) is 43.9 Å². The van der Waals surface area contributed by atoms with Crippen molar-refractivity contribution in [1.82, 2.24) is 0 Å². The zero-order valence-electron chi connectivity index (χ0n) is 14.8. The summed E-state index contributed by atoms with van der Waals surface area (Å²) in [4.78, 5) is 24.6. The summed E-state index contributed by atoms with van der Waals surface area (Å²) in [7, 11) is 0. The number of nitrogens with two attached hydrogens (primary N) is 1. The van der Waals surface area contributed by atoms with Gasteiger partial charge in [-0.25, -0.2) is 4.39 Å². The zero-order valence-corrected chi connectivity index (χ0v) is 14.8. The molecule has 6 nitrogen and oxygen atoms in total. The average molecular weight is 363 g/mol. The van der Waals surface area contributed by atoms with Crippen molar-refractivity contribution in [2.75, 3.05) is 17.2 Å². The first-order chi connectivity index (χ1) is 12.6. The van der Waals surface area contributed by atoms with Crippen LogP contribution in [0.2, 0.25) is 0 Å². The molecule has 1 aliphatic carbocycles. The van der Waals surface area contributed by atoms with Gasteiger partial charge in [0.25, 0.3) is 5.91 Å². The number of carbonyl (C=O) groups is 2. The summed E-state index contributed by atoms with van der Waals surface area (Å²) in [6.45, 7) is 0.387. The second-order valence-corrected chi connectivity index (χ2v) is 7.07. The summed E-state index contributed by atoms with van der Waals surface area (Å²) < 4.78 is 19.6. The fourth-order valence-corrected chi connectivity index (χ4v) is 3.59. The van der Waals surface area contributed by atoms with E-state index in [9.17, 15) is 14.0 Å². The fraction of sp³-hybridized carbons (Fsp3) is 0.579. The molecule has 2 aliphatic rings. The van der Waals surface area contributed by atoms with Crippen LogP contribution in [0.3, 0.4) is 0 Å². The molecule has 1 aliphatic heterocycles. The van der Waals surface area contributed by atoms with Gasteiger partial charge in [0.15, 0.2) is 0 Å². The van der Waals surface area contributed by atoms with Crippen LogP contribution in [-0.4, -0.2) is 30.6 Å². The Balaban J connectivity index is 1.61. The monoisotopic (exact) mass is 363 g/mol. The average Bonchev–Trinajstić information content (AvgIpc) is 3.14. The molecule has 142 valence electrons. The molecular formula is C19H26FN3O3. The number of anilines is 2. The third-order valence-electron chi connectivity index (χ3n) is 5.13. The molecule has 1 aromatic rings. The Morgan fingerprint density at radius 2 is 1.85 bits per heavy atom. The molecule has 7 heteroatoms. The van der Waals surface area contributed by atoms with Crippen LogP contribution in [0, 0.1) is 11.7 Å². The van der Waals surface area contributed by atoms with Crippen LogP contribution in [0.1, 0.15) is 44.9 Å². The minimum atomic E-state index is -0.547. The molecule has 4 N–H and O–H groups in total. The van der Waals surface area contributed by atoms with Gasteiger partial charge in [-0.3, -0.25) is 9.59 Å². The molecule has 26 heavy (non-hydrogen) atoms. The van der Waals surface area contributed by atoms with Crippen molar-refractivity contribution in [2.45, 2.75) is 57.2 Å². The highest BCUT2D eigenvalue weighted by Gasteiger charge is 2.30. The van der Waals surface area contributed by atoms with Gasteiger partial charge in [0.1, 0.15) is 11.9 Å². The van der Waals surface area contributed by atoms with Crippen LogP contribution in [0.15, 0.2) is 18.2 Å². The summed E-state index contributed by atoms with van der Waals surface area (Å²) in [5.74, 6) is -1.02. The number of amides is 2.